The molecule has 2 N–H and O–H groups in total. The van der Waals surface area contributed by atoms with Crippen LogP contribution in [0.3, 0.4) is 0 Å². The van der Waals surface area contributed by atoms with Gasteiger partial charge in [-0.1, -0.05) is 68.9 Å². The summed E-state index contributed by atoms with van der Waals surface area (Å²) in [7, 11) is 0. The lowest BCUT2D eigenvalue weighted by Gasteiger charge is -2.30. The molecule has 0 spiro atoms. The number of amides is 1. The second kappa shape index (κ2) is 14.0. The average molecular weight is 503 g/mol. The van der Waals surface area contributed by atoms with Gasteiger partial charge in [0.1, 0.15) is 11.6 Å². The minimum Gasteiger partial charge on any atom is -0.480 e. The highest BCUT2D eigenvalue weighted by Crippen LogP contribution is 2.25. The smallest absolute Gasteiger partial charge is 0.411 e. The first-order valence-electron chi connectivity index (χ1n) is 13.9. The second-order valence-corrected chi connectivity index (χ2v) is 11.5. The molecule has 7 heteroatoms. The van der Waals surface area contributed by atoms with Crippen LogP contribution < -0.4 is 5.32 Å². The molecular weight excluding hydrogens is 456 g/mol. The number of carbonyl (C=O) groups is 2. The molecule has 36 heavy (non-hydrogen) atoms. The molecule has 1 saturated heterocycles. The van der Waals surface area contributed by atoms with E-state index in [-0.39, 0.29) is 19.1 Å². The first-order chi connectivity index (χ1) is 17.2. The fourth-order valence-electron chi connectivity index (χ4n) is 5.33. The fraction of sp³-hybridized carbons (Fsp3) is 0.724. The maximum Gasteiger partial charge on any atom is 0.411 e. The molecule has 0 radical (unpaired) electrons. The van der Waals surface area contributed by atoms with E-state index in [1.54, 1.807) is 20.8 Å². The number of likely N-dealkylation sites (tertiary alicyclic amines) is 1. The molecule has 1 amide bonds. The summed E-state index contributed by atoms with van der Waals surface area (Å²) in [4.78, 5) is 24.8. The van der Waals surface area contributed by atoms with E-state index in [0.717, 1.165) is 17.6 Å². The summed E-state index contributed by atoms with van der Waals surface area (Å²) in [5.74, 6) is -1.04. The summed E-state index contributed by atoms with van der Waals surface area (Å²) >= 11 is 0. The molecule has 1 aromatic carbocycles. The highest BCUT2D eigenvalue weighted by molar-refractivity contribution is 5.81. The maximum atomic E-state index is 12.2. The molecule has 1 aromatic rings. The van der Waals surface area contributed by atoms with Crippen LogP contribution in [0, 0.1) is 0 Å². The third kappa shape index (κ3) is 9.74. The van der Waals surface area contributed by atoms with Gasteiger partial charge in [0.2, 0.25) is 0 Å². The Morgan fingerprint density at radius 3 is 2.00 bits per heavy atom. The number of carboxylic acids is 1. The number of aliphatic carboxylic acids is 1. The average Bonchev–Trinajstić information content (AvgIpc) is 3.29. The molecule has 0 bridgehead atoms. The summed E-state index contributed by atoms with van der Waals surface area (Å²) in [5, 5.41) is 13.2. The van der Waals surface area contributed by atoms with Gasteiger partial charge in [-0.05, 0) is 52.0 Å². The van der Waals surface area contributed by atoms with Crippen molar-refractivity contribution in [2.45, 2.75) is 128 Å². The molecule has 3 fully saturated rings. The predicted molar refractivity (Wildman–Crippen MR) is 141 cm³/mol. The molecule has 2 saturated carbocycles. The first-order valence-corrected chi connectivity index (χ1v) is 13.9. The summed E-state index contributed by atoms with van der Waals surface area (Å²) < 4.78 is 11.0. The normalized spacial score (nSPS) is 23.6. The van der Waals surface area contributed by atoms with Gasteiger partial charge in [-0.15, -0.1) is 0 Å². The molecule has 2 aliphatic carbocycles. The lowest BCUT2D eigenvalue weighted by molar-refractivity contribution is -0.142. The molecule has 3 aliphatic rings. The molecule has 1 heterocycles. The Morgan fingerprint density at radius 1 is 0.944 bits per heavy atom. The Morgan fingerprint density at radius 2 is 1.50 bits per heavy atom. The van der Waals surface area contributed by atoms with Gasteiger partial charge in [0, 0.05) is 18.5 Å². The Hall–Kier alpha value is -2.12. The van der Waals surface area contributed by atoms with Crippen LogP contribution in [-0.2, 0) is 20.9 Å². The van der Waals surface area contributed by atoms with Crippen molar-refractivity contribution in [2.75, 3.05) is 6.54 Å². The van der Waals surface area contributed by atoms with Crippen LogP contribution in [0.1, 0.15) is 97.0 Å². The molecule has 4 rings (SSSR count). The van der Waals surface area contributed by atoms with Crippen LogP contribution in [0.15, 0.2) is 30.3 Å². The number of rotatable bonds is 6. The van der Waals surface area contributed by atoms with Gasteiger partial charge in [0.15, 0.2) is 0 Å². The minimum absolute atomic E-state index is 0.221. The fourth-order valence-corrected chi connectivity index (χ4v) is 5.33. The van der Waals surface area contributed by atoms with Gasteiger partial charge in [-0.2, -0.15) is 0 Å². The van der Waals surface area contributed by atoms with Crippen LogP contribution in [0.25, 0.3) is 0 Å². The molecular formula is C29H46N2O5. The molecule has 0 aromatic heterocycles. The predicted octanol–water partition coefficient (Wildman–Crippen LogP) is 5.91. The van der Waals surface area contributed by atoms with E-state index in [9.17, 15) is 14.7 Å². The van der Waals surface area contributed by atoms with E-state index in [2.05, 4.69) is 5.32 Å². The molecule has 202 valence electrons. The van der Waals surface area contributed by atoms with E-state index in [4.69, 9.17) is 9.47 Å². The van der Waals surface area contributed by atoms with Crippen molar-refractivity contribution in [3.05, 3.63) is 35.9 Å². The van der Waals surface area contributed by atoms with Crippen LogP contribution in [-0.4, -0.2) is 58.4 Å². The quantitative estimate of drug-likeness (QED) is 0.503. The SMILES string of the molecule is C1CCC(NC2CCCCC2)CC1.CC(C)(C)OC(=O)N1CC(OCc2ccccc2)CC1C(=O)O. The monoisotopic (exact) mass is 502 g/mol. The molecule has 2 atom stereocenters. The van der Waals surface area contributed by atoms with Crippen molar-refractivity contribution < 1.29 is 24.2 Å². The molecule has 1 aliphatic heterocycles. The van der Waals surface area contributed by atoms with Crippen LogP contribution in [0.4, 0.5) is 4.79 Å². The number of carbonyl (C=O) groups excluding carboxylic acids is 1. The number of hydrogen-bond donors (Lipinski definition) is 2. The van der Waals surface area contributed by atoms with Gasteiger partial charge in [0.05, 0.1) is 19.3 Å². The van der Waals surface area contributed by atoms with Gasteiger partial charge < -0.3 is 19.9 Å². The van der Waals surface area contributed by atoms with Gasteiger partial charge >= 0.3 is 12.1 Å². The second-order valence-electron chi connectivity index (χ2n) is 11.5. The number of nitrogens with one attached hydrogen (secondary N) is 1. The van der Waals surface area contributed by atoms with Gasteiger partial charge in [0.25, 0.3) is 0 Å². The van der Waals surface area contributed by atoms with Crippen LogP contribution in [0.2, 0.25) is 0 Å². The Balaban J connectivity index is 0.000000233. The zero-order valence-electron chi connectivity index (χ0n) is 22.4. The maximum absolute atomic E-state index is 12.2. The summed E-state index contributed by atoms with van der Waals surface area (Å²) in [6.07, 6.45) is 13.9. The third-order valence-corrected chi connectivity index (χ3v) is 7.19. The lowest BCUT2D eigenvalue weighted by Crippen LogP contribution is -2.43. The summed E-state index contributed by atoms with van der Waals surface area (Å²) in [6.45, 7) is 5.86. The van der Waals surface area contributed by atoms with Crippen molar-refractivity contribution in [1.82, 2.24) is 10.2 Å². The Kier molecular flexibility index (Phi) is 11.1. The van der Waals surface area contributed by atoms with E-state index in [1.165, 1.54) is 69.1 Å². The lowest BCUT2D eigenvalue weighted by atomic mass is 9.91. The molecule has 7 nitrogen and oxygen atoms in total. The van der Waals surface area contributed by atoms with E-state index < -0.39 is 23.7 Å². The summed E-state index contributed by atoms with van der Waals surface area (Å²) in [6, 6.07) is 10.5. The molecule has 2 unspecified atom stereocenters. The standard InChI is InChI=1S/C17H23NO5.C12H23N/c1-17(2,3)23-16(21)18-10-13(9-14(18)15(19)20)22-11-12-7-5-4-6-8-12;1-3-7-11(8-4-1)13-12-9-5-2-6-10-12/h4-8,13-14H,9-11H2,1-3H3,(H,19,20);11-13H,1-10H2. The van der Waals surface area contributed by atoms with Crippen molar-refractivity contribution in [3.8, 4) is 0 Å². The number of hydrogen-bond acceptors (Lipinski definition) is 5. The largest absolute Gasteiger partial charge is 0.480 e. The van der Waals surface area contributed by atoms with E-state index in [1.807, 2.05) is 30.3 Å². The highest BCUT2D eigenvalue weighted by atomic mass is 16.6. The van der Waals surface area contributed by atoms with Crippen molar-refractivity contribution >= 4 is 12.1 Å². The van der Waals surface area contributed by atoms with Crippen LogP contribution >= 0.6 is 0 Å². The number of carboxylic acid groups (broad SMARTS) is 1. The minimum atomic E-state index is -1.04. The van der Waals surface area contributed by atoms with Crippen molar-refractivity contribution in [2.24, 2.45) is 0 Å². The Bertz CT molecular complexity index is 782. The van der Waals surface area contributed by atoms with Gasteiger partial charge in [-0.25, -0.2) is 9.59 Å². The van der Waals surface area contributed by atoms with Crippen LogP contribution in [0.5, 0.6) is 0 Å². The topological polar surface area (TPSA) is 88.1 Å². The highest BCUT2D eigenvalue weighted by Gasteiger charge is 2.42. The number of benzene rings is 1. The van der Waals surface area contributed by atoms with Crippen molar-refractivity contribution in [1.29, 1.82) is 0 Å². The zero-order chi connectivity index (χ0) is 26.0. The summed E-state index contributed by atoms with van der Waals surface area (Å²) in [5.41, 5.74) is 0.346. The van der Waals surface area contributed by atoms with Crippen molar-refractivity contribution in [3.63, 3.8) is 0 Å². The Labute approximate surface area is 216 Å². The van der Waals surface area contributed by atoms with Gasteiger partial charge in [-0.3, -0.25) is 4.90 Å². The number of ether oxygens (including phenoxy) is 2. The first kappa shape index (κ1) is 28.5. The van der Waals surface area contributed by atoms with E-state index in [0.29, 0.717) is 6.61 Å². The zero-order valence-corrected chi connectivity index (χ0v) is 22.4. The third-order valence-electron chi connectivity index (χ3n) is 7.19. The van der Waals surface area contributed by atoms with E-state index >= 15 is 0 Å². The number of nitrogens with zero attached hydrogens (tertiary/aromatic N) is 1.